The smallest absolute Gasteiger partial charge is 0.243 e. The van der Waals surface area contributed by atoms with Crippen molar-refractivity contribution in [1.82, 2.24) is 9.03 Å². The Morgan fingerprint density at radius 2 is 2.04 bits per heavy atom. The van der Waals surface area contributed by atoms with E-state index in [1.54, 1.807) is 25.1 Å². The average Bonchev–Trinajstić information content (AvgIpc) is 2.62. The van der Waals surface area contributed by atoms with Gasteiger partial charge < -0.3 is 4.74 Å². The highest BCUT2D eigenvalue weighted by molar-refractivity contribution is 7.89. The van der Waals surface area contributed by atoms with Crippen molar-refractivity contribution in [3.8, 4) is 0 Å². The zero-order chi connectivity index (χ0) is 17.8. The first kappa shape index (κ1) is 19.3. The maximum atomic E-state index is 12.9. The highest BCUT2D eigenvalue weighted by atomic mass is 32.2. The van der Waals surface area contributed by atoms with Gasteiger partial charge in [-0.1, -0.05) is 25.1 Å². The fourth-order valence-electron chi connectivity index (χ4n) is 2.78. The molecule has 0 bridgehead atoms. The summed E-state index contributed by atoms with van der Waals surface area (Å²) < 4.78 is 59.0. The van der Waals surface area contributed by atoms with E-state index in [0.717, 1.165) is 0 Å². The Kier molecular flexibility index (Phi) is 6.38. The lowest BCUT2D eigenvalue weighted by Gasteiger charge is -2.19. The molecule has 1 heterocycles. The summed E-state index contributed by atoms with van der Waals surface area (Å²) in [6.07, 6.45) is 0.880. The Morgan fingerprint density at radius 1 is 1.33 bits per heavy atom. The number of hydrogen-bond acceptors (Lipinski definition) is 5. The minimum atomic E-state index is -3.67. The van der Waals surface area contributed by atoms with Crippen LogP contribution in [0.5, 0.6) is 0 Å². The van der Waals surface area contributed by atoms with E-state index in [1.165, 1.54) is 17.5 Å². The van der Waals surface area contributed by atoms with E-state index in [-0.39, 0.29) is 30.3 Å². The Labute approximate surface area is 144 Å². The fraction of sp³-hybridized carbons (Fsp3) is 0.600. The molecule has 7 nitrogen and oxygen atoms in total. The van der Waals surface area contributed by atoms with Crippen LogP contribution >= 0.6 is 0 Å². The van der Waals surface area contributed by atoms with E-state index >= 15 is 0 Å². The highest BCUT2D eigenvalue weighted by Crippen LogP contribution is 2.32. The zero-order valence-electron chi connectivity index (χ0n) is 13.9. The fourth-order valence-corrected chi connectivity index (χ4v) is 5.81. The van der Waals surface area contributed by atoms with Gasteiger partial charge in [-0.15, -0.1) is 0 Å². The molecule has 1 aromatic carbocycles. The van der Waals surface area contributed by atoms with E-state index in [4.69, 9.17) is 4.74 Å². The van der Waals surface area contributed by atoms with E-state index in [0.29, 0.717) is 18.4 Å². The summed E-state index contributed by atoms with van der Waals surface area (Å²) in [6.45, 7) is 2.55. The number of nitrogens with zero attached hydrogens (tertiary/aromatic N) is 1. The standard InChI is InChI=1S/C15H24N2O5S2/c1-3-12-23(18,19)16-14-8-9-17(10-11-22-2)24(20,21)15-7-5-4-6-13(14)15/h4-7,14,16H,3,8-12H2,1-2H3/t14-/m1/s1. The molecule has 0 radical (unpaired) electrons. The number of hydrogen-bond donors (Lipinski definition) is 1. The molecule has 2 rings (SSSR count). The molecular formula is C15H24N2O5S2. The van der Waals surface area contributed by atoms with Crippen molar-refractivity contribution in [2.75, 3.05) is 32.6 Å². The van der Waals surface area contributed by atoms with Crippen LogP contribution in [-0.4, -0.2) is 53.7 Å². The molecule has 1 aliphatic rings. The number of rotatable bonds is 7. The summed E-state index contributed by atoms with van der Waals surface area (Å²) in [5, 5.41) is 0. The van der Waals surface area contributed by atoms with Crippen molar-refractivity contribution >= 4 is 20.0 Å². The predicted molar refractivity (Wildman–Crippen MR) is 91.6 cm³/mol. The van der Waals surface area contributed by atoms with Crippen LogP contribution in [0.4, 0.5) is 0 Å². The van der Waals surface area contributed by atoms with Gasteiger partial charge in [0.05, 0.1) is 17.3 Å². The van der Waals surface area contributed by atoms with Crippen LogP contribution in [0.3, 0.4) is 0 Å². The first-order valence-corrected chi connectivity index (χ1v) is 11.0. The maximum absolute atomic E-state index is 12.9. The quantitative estimate of drug-likeness (QED) is 0.769. The van der Waals surface area contributed by atoms with Gasteiger partial charge in [-0.25, -0.2) is 21.6 Å². The second-order valence-electron chi connectivity index (χ2n) is 5.71. The van der Waals surface area contributed by atoms with Crippen LogP contribution in [0.15, 0.2) is 29.2 Å². The Balaban J connectivity index is 2.41. The Hall–Kier alpha value is -1.00. The van der Waals surface area contributed by atoms with Gasteiger partial charge in [-0.3, -0.25) is 0 Å². The lowest BCUT2D eigenvalue weighted by atomic mass is 10.0. The van der Waals surface area contributed by atoms with Crippen molar-refractivity contribution < 1.29 is 21.6 Å². The van der Waals surface area contributed by atoms with Crippen LogP contribution in [0.1, 0.15) is 31.4 Å². The molecule has 0 saturated heterocycles. The SMILES string of the molecule is CCCS(=O)(=O)N[C@@H]1CCN(CCOC)S(=O)(=O)c2ccccc21. The van der Waals surface area contributed by atoms with E-state index < -0.39 is 26.1 Å². The summed E-state index contributed by atoms with van der Waals surface area (Å²) in [7, 11) is -5.61. The van der Waals surface area contributed by atoms with Crippen molar-refractivity contribution in [1.29, 1.82) is 0 Å². The van der Waals surface area contributed by atoms with Gasteiger partial charge in [0.2, 0.25) is 20.0 Å². The highest BCUT2D eigenvalue weighted by Gasteiger charge is 2.34. The lowest BCUT2D eigenvalue weighted by molar-refractivity contribution is 0.178. The van der Waals surface area contributed by atoms with Gasteiger partial charge in [0.1, 0.15) is 0 Å². The summed E-state index contributed by atoms with van der Waals surface area (Å²) in [6, 6.07) is 6.01. The molecule has 136 valence electrons. The molecule has 1 N–H and O–H groups in total. The largest absolute Gasteiger partial charge is 0.383 e. The monoisotopic (exact) mass is 376 g/mol. The van der Waals surface area contributed by atoms with E-state index in [1.807, 2.05) is 0 Å². The van der Waals surface area contributed by atoms with Crippen LogP contribution in [0.25, 0.3) is 0 Å². The van der Waals surface area contributed by atoms with Crippen molar-refractivity contribution in [3.05, 3.63) is 29.8 Å². The molecule has 0 aromatic heterocycles. The lowest BCUT2D eigenvalue weighted by Crippen LogP contribution is -2.34. The van der Waals surface area contributed by atoms with Gasteiger partial charge in [-0.05, 0) is 24.5 Å². The number of fused-ring (bicyclic) bond motifs is 1. The van der Waals surface area contributed by atoms with Crippen LogP contribution in [0, 0.1) is 0 Å². The third kappa shape index (κ3) is 4.34. The third-order valence-electron chi connectivity index (χ3n) is 3.92. The Bertz CT molecular complexity index is 762. The Morgan fingerprint density at radius 3 is 2.71 bits per heavy atom. The number of nitrogens with one attached hydrogen (secondary N) is 1. The molecule has 1 aliphatic heterocycles. The summed E-state index contributed by atoms with van der Waals surface area (Å²) in [4.78, 5) is 0.155. The van der Waals surface area contributed by atoms with Crippen molar-refractivity contribution in [2.24, 2.45) is 0 Å². The van der Waals surface area contributed by atoms with Gasteiger partial charge >= 0.3 is 0 Å². The van der Waals surface area contributed by atoms with Gasteiger partial charge in [0, 0.05) is 26.2 Å². The van der Waals surface area contributed by atoms with Gasteiger partial charge in [-0.2, -0.15) is 4.31 Å². The van der Waals surface area contributed by atoms with Crippen LogP contribution in [0.2, 0.25) is 0 Å². The zero-order valence-corrected chi connectivity index (χ0v) is 15.6. The minimum absolute atomic E-state index is 0.0196. The molecule has 0 saturated carbocycles. The summed E-state index contributed by atoms with van der Waals surface area (Å²) >= 11 is 0. The summed E-state index contributed by atoms with van der Waals surface area (Å²) in [5.74, 6) is 0.0196. The van der Waals surface area contributed by atoms with Crippen LogP contribution in [-0.2, 0) is 24.8 Å². The molecule has 0 unspecified atom stereocenters. The van der Waals surface area contributed by atoms with E-state index in [9.17, 15) is 16.8 Å². The molecule has 0 aliphatic carbocycles. The molecular weight excluding hydrogens is 352 g/mol. The number of ether oxygens (including phenoxy) is 1. The number of sulfonamides is 2. The topological polar surface area (TPSA) is 92.8 Å². The molecule has 1 atom stereocenters. The van der Waals surface area contributed by atoms with Gasteiger partial charge in [0.15, 0.2) is 0 Å². The molecule has 9 heteroatoms. The molecule has 1 aromatic rings. The van der Waals surface area contributed by atoms with Crippen molar-refractivity contribution in [3.63, 3.8) is 0 Å². The molecule has 24 heavy (non-hydrogen) atoms. The van der Waals surface area contributed by atoms with Gasteiger partial charge in [0.25, 0.3) is 0 Å². The summed E-state index contributed by atoms with van der Waals surface area (Å²) in [5.41, 5.74) is 0.497. The first-order chi connectivity index (χ1) is 11.3. The molecule has 0 fully saturated rings. The second kappa shape index (κ2) is 7.92. The number of methoxy groups -OCH3 is 1. The molecule has 0 spiro atoms. The predicted octanol–water partition coefficient (Wildman–Crippen LogP) is 1.10. The van der Waals surface area contributed by atoms with Crippen LogP contribution < -0.4 is 4.72 Å². The number of benzene rings is 1. The average molecular weight is 377 g/mol. The second-order valence-corrected chi connectivity index (χ2v) is 9.49. The normalized spacial score (nSPS) is 21.2. The third-order valence-corrected chi connectivity index (χ3v) is 7.48. The van der Waals surface area contributed by atoms with Crippen molar-refractivity contribution in [2.45, 2.75) is 30.7 Å². The van der Waals surface area contributed by atoms with E-state index in [2.05, 4.69) is 4.72 Å². The molecule has 0 amide bonds. The minimum Gasteiger partial charge on any atom is -0.383 e. The maximum Gasteiger partial charge on any atom is 0.243 e. The first-order valence-electron chi connectivity index (χ1n) is 7.90.